The van der Waals surface area contributed by atoms with Crippen molar-refractivity contribution >= 4 is 0 Å². The van der Waals surface area contributed by atoms with Gasteiger partial charge in [-0.1, -0.05) is 42.5 Å². The summed E-state index contributed by atoms with van der Waals surface area (Å²) in [5.74, 6) is -0.792. The van der Waals surface area contributed by atoms with Gasteiger partial charge in [-0.25, -0.2) is 8.78 Å². The summed E-state index contributed by atoms with van der Waals surface area (Å²) in [7, 11) is 0. The molecule has 2 N–H and O–H groups in total. The lowest BCUT2D eigenvalue weighted by Crippen LogP contribution is -2.34. The third-order valence-corrected chi connectivity index (χ3v) is 6.40. The van der Waals surface area contributed by atoms with Crippen molar-refractivity contribution in [2.45, 2.75) is 38.0 Å². The number of aryl methyl sites for hydroxylation is 2. The van der Waals surface area contributed by atoms with E-state index in [1.807, 2.05) is 12.1 Å². The van der Waals surface area contributed by atoms with Gasteiger partial charge >= 0.3 is 0 Å². The molecular weight excluding hydrogens is 392 g/mol. The zero-order chi connectivity index (χ0) is 21.8. The first-order valence-electron chi connectivity index (χ1n) is 11.0. The Bertz CT molecular complexity index is 1030. The van der Waals surface area contributed by atoms with Gasteiger partial charge in [-0.2, -0.15) is 0 Å². The van der Waals surface area contributed by atoms with Gasteiger partial charge in [0.05, 0.1) is 0 Å². The van der Waals surface area contributed by atoms with E-state index in [2.05, 4.69) is 42.6 Å². The van der Waals surface area contributed by atoms with Crippen LogP contribution in [0.15, 0.2) is 60.7 Å². The molecule has 0 aliphatic carbocycles. The molecule has 4 heteroatoms. The molecular formula is C27H29F2NO. The van der Waals surface area contributed by atoms with E-state index in [4.69, 9.17) is 0 Å². The molecule has 0 aromatic heterocycles. The number of aliphatic hydroxyl groups is 1. The summed E-state index contributed by atoms with van der Waals surface area (Å²) in [5, 5.41) is 12.7. The van der Waals surface area contributed by atoms with Crippen molar-refractivity contribution in [2.24, 2.45) is 0 Å². The average Bonchev–Trinajstić information content (AvgIpc) is 2.77. The van der Waals surface area contributed by atoms with Crippen LogP contribution in [0.1, 0.15) is 46.9 Å². The highest BCUT2D eigenvalue weighted by Crippen LogP contribution is 2.40. The second-order valence-electron chi connectivity index (χ2n) is 8.46. The van der Waals surface area contributed by atoms with Crippen LogP contribution in [0.2, 0.25) is 0 Å². The van der Waals surface area contributed by atoms with Crippen LogP contribution in [0.5, 0.6) is 0 Å². The molecule has 3 aromatic rings. The summed E-state index contributed by atoms with van der Waals surface area (Å²) in [5.41, 5.74) is 6.73. The van der Waals surface area contributed by atoms with Crippen molar-refractivity contribution in [1.82, 2.24) is 5.32 Å². The molecule has 0 radical (unpaired) electrons. The monoisotopic (exact) mass is 421 g/mol. The Morgan fingerprint density at radius 1 is 0.968 bits per heavy atom. The van der Waals surface area contributed by atoms with E-state index in [0.717, 1.165) is 49.5 Å². The Hall–Kier alpha value is -2.56. The maximum atomic E-state index is 13.9. The van der Waals surface area contributed by atoms with Gasteiger partial charge < -0.3 is 10.4 Å². The Labute approximate surface area is 182 Å². The molecule has 162 valence electrons. The molecule has 1 heterocycles. The van der Waals surface area contributed by atoms with Crippen LogP contribution in [-0.4, -0.2) is 24.8 Å². The van der Waals surface area contributed by atoms with Crippen LogP contribution in [-0.2, 0) is 6.42 Å². The highest BCUT2D eigenvalue weighted by atomic mass is 19.1. The Morgan fingerprint density at radius 2 is 1.74 bits per heavy atom. The number of hydrogen-bond acceptors (Lipinski definition) is 2. The van der Waals surface area contributed by atoms with Crippen molar-refractivity contribution in [3.8, 4) is 11.1 Å². The number of nitrogens with one attached hydrogen (secondary N) is 1. The number of benzene rings is 3. The minimum absolute atomic E-state index is 0.0767. The van der Waals surface area contributed by atoms with E-state index in [-0.39, 0.29) is 18.4 Å². The van der Waals surface area contributed by atoms with Crippen molar-refractivity contribution in [1.29, 1.82) is 0 Å². The predicted molar refractivity (Wildman–Crippen MR) is 121 cm³/mol. The normalized spacial score (nSPS) is 18.8. The summed E-state index contributed by atoms with van der Waals surface area (Å²) in [6, 6.07) is 18.8. The van der Waals surface area contributed by atoms with Crippen LogP contribution in [0.3, 0.4) is 0 Å². The molecule has 0 bridgehead atoms. The van der Waals surface area contributed by atoms with Crippen LogP contribution in [0.4, 0.5) is 8.78 Å². The molecule has 0 saturated carbocycles. The lowest BCUT2D eigenvalue weighted by atomic mass is 9.75. The highest BCUT2D eigenvalue weighted by molar-refractivity contribution is 5.68. The van der Waals surface area contributed by atoms with E-state index in [9.17, 15) is 13.9 Å². The van der Waals surface area contributed by atoms with E-state index < -0.39 is 11.6 Å². The van der Waals surface area contributed by atoms with E-state index >= 15 is 0 Å². The smallest absolute Gasteiger partial charge is 0.126 e. The van der Waals surface area contributed by atoms with Gasteiger partial charge in [0, 0.05) is 25.1 Å². The van der Waals surface area contributed by atoms with Crippen LogP contribution in [0.25, 0.3) is 11.1 Å². The number of hydrogen-bond donors (Lipinski definition) is 2. The molecule has 4 rings (SSSR count). The van der Waals surface area contributed by atoms with Crippen molar-refractivity contribution in [3.05, 3.63) is 94.6 Å². The number of aliphatic hydroxyl groups excluding tert-OH is 1. The quantitative estimate of drug-likeness (QED) is 0.533. The molecule has 0 spiro atoms. The first-order valence-corrected chi connectivity index (χ1v) is 11.0. The molecule has 1 saturated heterocycles. The summed E-state index contributed by atoms with van der Waals surface area (Å²) >= 11 is 0. The van der Waals surface area contributed by atoms with Crippen LogP contribution in [0, 0.1) is 18.6 Å². The Morgan fingerprint density at radius 3 is 2.48 bits per heavy atom. The van der Waals surface area contributed by atoms with Gasteiger partial charge in [0.25, 0.3) is 0 Å². The standard InChI is InChI=1S/C27H29F2NO/c1-18-13-20(25-7-3-2-5-19(25)6-4-12-31)8-9-24(18)27-17-30-11-10-26(27)21-14-22(28)16-23(29)15-21/h2-3,5,7-9,13-16,26-27,30-31H,4,6,10-12,17H2,1H3/t26-,27-/m1/s1. The van der Waals surface area contributed by atoms with Gasteiger partial charge in [-0.05, 0) is 84.2 Å². The van der Waals surface area contributed by atoms with Gasteiger partial charge in [-0.3, -0.25) is 0 Å². The van der Waals surface area contributed by atoms with Crippen molar-refractivity contribution in [3.63, 3.8) is 0 Å². The van der Waals surface area contributed by atoms with Gasteiger partial charge in [0.2, 0.25) is 0 Å². The third kappa shape index (κ3) is 4.86. The first kappa shape index (κ1) is 21.7. The second-order valence-corrected chi connectivity index (χ2v) is 8.46. The maximum Gasteiger partial charge on any atom is 0.126 e. The molecule has 1 aliphatic heterocycles. The zero-order valence-electron chi connectivity index (χ0n) is 17.9. The van der Waals surface area contributed by atoms with E-state index in [1.54, 1.807) is 0 Å². The minimum Gasteiger partial charge on any atom is -0.396 e. The Balaban J connectivity index is 1.67. The Kier molecular flexibility index (Phi) is 6.79. The molecule has 2 atom stereocenters. The second kappa shape index (κ2) is 9.71. The molecule has 1 fully saturated rings. The van der Waals surface area contributed by atoms with Gasteiger partial charge in [0.1, 0.15) is 11.6 Å². The zero-order valence-corrected chi connectivity index (χ0v) is 17.9. The summed E-state index contributed by atoms with van der Waals surface area (Å²) < 4.78 is 27.8. The average molecular weight is 422 g/mol. The predicted octanol–water partition coefficient (Wildman–Crippen LogP) is 5.73. The van der Waals surface area contributed by atoms with E-state index in [0.29, 0.717) is 0 Å². The molecule has 2 nitrogen and oxygen atoms in total. The largest absolute Gasteiger partial charge is 0.396 e. The summed E-state index contributed by atoms with van der Waals surface area (Å²) in [6.45, 7) is 3.93. The number of halogens is 2. The van der Waals surface area contributed by atoms with Crippen molar-refractivity contribution in [2.75, 3.05) is 19.7 Å². The van der Waals surface area contributed by atoms with Gasteiger partial charge in [-0.15, -0.1) is 0 Å². The lowest BCUT2D eigenvalue weighted by Gasteiger charge is -2.34. The maximum absolute atomic E-state index is 13.9. The molecule has 3 aromatic carbocycles. The summed E-state index contributed by atoms with van der Waals surface area (Å²) in [6.07, 6.45) is 2.43. The van der Waals surface area contributed by atoms with Crippen molar-refractivity contribution < 1.29 is 13.9 Å². The van der Waals surface area contributed by atoms with Crippen LogP contribution < -0.4 is 5.32 Å². The molecule has 1 aliphatic rings. The molecule has 0 amide bonds. The highest BCUT2D eigenvalue weighted by Gasteiger charge is 2.29. The first-order chi connectivity index (χ1) is 15.1. The third-order valence-electron chi connectivity index (χ3n) is 6.40. The SMILES string of the molecule is Cc1cc(-c2ccccc2CCCO)ccc1[C@H]1CNCC[C@@H]1c1cc(F)cc(F)c1. The fourth-order valence-electron chi connectivity index (χ4n) is 4.92. The fourth-order valence-corrected chi connectivity index (χ4v) is 4.92. The molecule has 31 heavy (non-hydrogen) atoms. The lowest BCUT2D eigenvalue weighted by molar-refractivity contribution is 0.288. The fraction of sp³-hybridized carbons (Fsp3) is 0.333. The van der Waals surface area contributed by atoms with Crippen LogP contribution >= 0.6 is 0 Å². The van der Waals surface area contributed by atoms with Gasteiger partial charge in [0.15, 0.2) is 0 Å². The number of rotatable bonds is 6. The molecule has 0 unspecified atom stereocenters. The topological polar surface area (TPSA) is 32.3 Å². The summed E-state index contributed by atoms with van der Waals surface area (Å²) in [4.78, 5) is 0. The number of piperidine rings is 1. The minimum atomic E-state index is -0.515. The van der Waals surface area contributed by atoms with E-state index in [1.165, 1.54) is 34.4 Å².